The van der Waals surface area contributed by atoms with Crippen molar-refractivity contribution in [3.05, 3.63) is 109 Å². The minimum atomic E-state index is -0.134. The Balaban J connectivity index is 1.57. The summed E-state index contributed by atoms with van der Waals surface area (Å²) >= 11 is 13.1. The molecule has 166 valence electrons. The number of fused-ring (bicyclic) bond motifs is 1. The van der Waals surface area contributed by atoms with Gasteiger partial charge in [-0.25, -0.2) is 5.01 Å². The van der Waals surface area contributed by atoms with Gasteiger partial charge in [0.25, 0.3) is 5.91 Å². The third-order valence-corrected chi connectivity index (χ3v) is 7.53. The van der Waals surface area contributed by atoms with Crippen LogP contribution in [-0.4, -0.2) is 16.6 Å². The first-order valence-electron chi connectivity index (χ1n) is 10.9. The lowest BCUT2D eigenvalue weighted by Crippen LogP contribution is -2.31. The average molecular weight is 585 g/mol. The molecule has 1 aliphatic heterocycles. The molecular weight excluding hydrogens is 564 g/mol. The number of rotatable bonds is 3. The first kappa shape index (κ1) is 22.6. The highest BCUT2D eigenvalue weighted by Gasteiger charge is 2.43. The van der Waals surface area contributed by atoms with Crippen molar-refractivity contribution in [1.82, 2.24) is 5.01 Å². The summed E-state index contributed by atoms with van der Waals surface area (Å²) in [6.07, 6.45) is 5.25. The Morgan fingerprint density at radius 1 is 0.939 bits per heavy atom. The van der Waals surface area contributed by atoms with E-state index in [1.54, 1.807) is 29.3 Å². The van der Waals surface area contributed by atoms with E-state index in [0.29, 0.717) is 10.6 Å². The van der Waals surface area contributed by atoms with E-state index in [1.165, 1.54) is 5.57 Å². The minimum absolute atomic E-state index is 0.107. The van der Waals surface area contributed by atoms with Gasteiger partial charge in [0.2, 0.25) is 0 Å². The van der Waals surface area contributed by atoms with Gasteiger partial charge in [0.05, 0.1) is 11.8 Å². The average Bonchev–Trinajstić information content (AvgIpc) is 3.22. The van der Waals surface area contributed by atoms with Crippen molar-refractivity contribution < 1.29 is 4.79 Å². The van der Waals surface area contributed by atoms with Gasteiger partial charge in [-0.15, -0.1) is 0 Å². The van der Waals surface area contributed by atoms with Gasteiger partial charge in [0.15, 0.2) is 0 Å². The van der Waals surface area contributed by atoms with Crippen LogP contribution >= 0.6 is 43.5 Å². The number of hydrazone groups is 1. The summed E-state index contributed by atoms with van der Waals surface area (Å²) in [6.45, 7) is 0. The first-order chi connectivity index (χ1) is 16.0. The molecule has 2 aliphatic rings. The van der Waals surface area contributed by atoms with Crippen molar-refractivity contribution in [2.24, 2.45) is 11.0 Å². The molecule has 0 saturated heterocycles. The number of hydrogen-bond donors (Lipinski definition) is 0. The molecule has 0 aromatic heterocycles. The summed E-state index contributed by atoms with van der Waals surface area (Å²) in [5.74, 6) is 0.0577. The predicted molar refractivity (Wildman–Crippen MR) is 141 cm³/mol. The van der Waals surface area contributed by atoms with Crippen LogP contribution in [0, 0.1) is 5.92 Å². The zero-order valence-electron chi connectivity index (χ0n) is 17.7. The molecule has 6 heteroatoms. The fourth-order valence-electron chi connectivity index (χ4n) is 4.65. The second-order valence-corrected chi connectivity index (χ2v) is 10.6. The van der Waals surface area contributed by atoms with Crippen LogP contribution in [0.2, 0.25) is 5.02 Å². The van der Waals surface area contributed by atoms with Gasteiger partial charge < -0.3 is 0 Å². The van der Waals surface area contributed by atoms with E-state index in [9.17, 15) is 4.79 Å². The van der Waals surface area contributed by atoms with Crippen LogP contribution < -0.4 is 0 Å². The van der Waals surface area contributed by atoms with Crippen LogP contribution in [-0.2, 0) is 0 Å². The number of nitrogens with zero attached hydrogens (tertiary/aromatic N) is 2. The Hall–Kier alpha value is -2.21. The zero-order valence-corrected chi connectivity index (χ0v) is 21.6. The monoisotopic (exact) mass is 582 g/mol. The van der Waals surface area contributed by atoms with E-state index in [1.807, 2.05) is 24.3 Å². The normalized spacial score (nSPS) is 21.1. The highest BCUT2D eigenvalue weighted by molar-refractivity contribution is 9.10. The maximum Gasteiger partial charge on any atom is 0.274 e. The molecule has 0 bridgehead atoms. The molecule has 3 nitrogen and oxygen atoms in total. The molecule has 3 aromatic carbocycles. The Bertz CT molecular complexity index is 1230. The number of carbonyl (C=O) groups is 1. The molecule has 2 unspecified atom stereocenters. The van der Waals surface area contributed by atoms with E-state index in [-0.39, 0.29) is 17.9 Å². The van der Waals surface area contributed by atoms with Crippen molar-refractivity contribution in [3.63, 3.8) is 0 Å². The third-order valence-electron chi connectivity index (χ3n) is 6.22. The van der Waals surface area contributed by atoms with Crippen molar-refractivity contribution in [3.8, 4) is 0 Å². The lowest BCUT2D eigenvalue weighted by molar-refractivity contribution is 0.0681. The number of amides is 1. The highest BCUT2D eigenvalue weighted by atomic mass is 79.9. The van der Waals surface area contributed by atoms with Gasteiger partial charge in [-0.05, 0) is 90.6 Å². The molecule has 0 radical (unpaired) electrons. The van der Waals surface area contributed by atoms with Crippen LogP contribution in [0.4, 0.5) is 0 Å². The van der Waals surface area contributed by atoms with E-state index in [0.717, 1.165) is 45.0 Å². The summed E-state index contributed by atoms with van der Waals surface area (Å²) in [6, 6.07) is 23.4. The minimum Gasteiger partial charge on any atom is -0.267 e. The zero-order chi connectivity index (χ0) is 22.9. The summed E-state index contributed by atoms with van der Waals surface area (Å²) in [7, 11) is 0. The Kier molecular flexibility index (Phi) is 6.55. The number of hydrogen-bond acceptors (Lipinski definition) is 2. The third kappa shape index (κ3) is 4.72. The van der Waals surface area contributed by atoms with Crippen molar-refractivity contribution >= 4 is 61.2 Å². The number of benzene rings is 3. The van der Waals surface area contributed by atoms with Crippen molar-refractivity contribution in [2.75, 3.05) is 0 Å². The van der Waals surface area contributed by atoms with Gasteiger partial charge in [0, 0.05) is 25.4 Å². The molecule has 2 atom stereocenters. The number of allylic oxidation sites excluding steroid dienone is 1. The summed E-state index contributed by atoms with van der Waals surface area (Å²) in [4.78, 5) is 13.6. The Labute approximate surface area is 215 Å². The van der Waals surface area contributed by atoms with Gasteiger partial charge >= 0.3 is 0 Å². The molecule has 1 saturated carbocycles. The molecule has 1 amide bonds. The summed E-state index contributed by atoms with van der Waals surface area (Å²) in [5, 5.41) is 7.26. The van der Waals surface area contributed by atoms with Gasteiger partial charge in [-0.3, -0.25) is 4.79 Å². The second kappa shape index (κ2) is 9.57. The van der Waals surface area contributed by atoms with Crippen LogP contribution in [0.3, 0.4) is 0 Å². The van der Waals surface area contributed by atoms with Crippen LogP contribution in [0.5, 0.6) is 0 Å². The fraction of sp³-hybridized carbons (Fsp3) is 0.185. The molecular formula is C27H21Br2ClN2O. The van der Waals surface area contributed by atoms with Crippen molar-refractivity contribution in [1.29, 1.82) is 0 Å². The van der Waals surface area contributed by atoms with Crippen LogP contribution in [0.1, 0.15) is 46.8 Å². The first-order valence-corrected chi connectivity index (χ1v) is 12.9. The number of halogens is 3. The molecule has 0 spiro atoms. The second-order valence-electron chi connectivity index (χ2n) is 8.36. The smallest absolute Gasteiger partial charge is 0.267 e. The maximum absolute atomic E-state index is 13.6. The summed E-state index contributed by atoms with van der Waals surface area (Å²) < 4.78 is 2.07. The predicted octanol–water partition coefficient (Wildman–Crippen LogP) is 8.30. The van der Waals surface area contributed by atoms with E-state index in [2.05, 4.69) is 62.2 Å². The number of carbonyl (C=O) groups excluding carboxylic acids is 1. The molecule has 0 N–H and O–H groups in total. The van der Waals surface area contributed by atoms with E-state index < -0.39 is 0 Å². The molecule has 33 heavy (non-hydrogen) atoms. The molecule has 1 heterocycles. The van der Waals surface area contributed by atoms with Crippen molar-refractivity contribution in [2.45, 2.75) is 25.3 Å². The maximum atomic E-state index is 13.6. The Morgan fingerprint density at radius 3 is 2.24 bits per heavy atom. The van der Waals surface area contributed by atoms with Gasteiger partial charge in [-0.2, -0.15) is 5.10 Å². The Morgan fingerprint density at radius 2 is 1.58 bits per heavy atom. The van der Waals surface area contributed by atoms with Gasteiger partial charge in [-0.1, -0.05) is 67.7 Å². The highest BCUT2D eigenvalue weighted by Crippen LogP contribution is 2.45. The lowest BCUT2D eigenvalue weighted by atomic mass is 9.77. The SMILES string of the molecule is O=C(c1ccc(Cl)cc1)N1N=C2/C(=C\c3ccc(Br)cc3)CCCC2C1c1ccc(Br)cc1. The fourth-order valence-corrected chi connectivity index (χ4v) is 5.30. The molecule has 1 fully saturated rings. The molecule has 1 aliphatic carbocycles. The van der Waals surface area contributed by atoms with Gasteiger partial charge in [0.1, 0.15) is 0 Å². The summed E-state index contributed by atoms with van der Waals surface area (Å²) in [5.41, 5.74) is 5.05. The molecule has 3 aromatic rings. The lowest BCUT2D eigenvalue weighted by Gasteiger charge is -2.29. The molecule has 5 rings (SSSR count). The van der Waals surface area contributed by atoms with Crippen LogP contribution in [0.25, 0.3) is 6.08 Å². The topological polar surface area (TPSA) is 32.7 Å². The quantitative estimate of drug-likeness (QED) is 0.305. The standard InChI is InChI=1S/C27H21Br2ClN2O/c28-21-10-4-17(5-11-21)16-20-2-1-3-24-25(20)31-32(26(24)18-6-12-22(29)13-7-18)27(33)19-8-14-23(30)15-9-19/h4-16,24,26H,1-3H2/b20-16-. The van der Waals surface area contributed by atoms with Crippen LogP contribution in [0.15, 0.2) is 92.4 Å². The largest absolute Gasteiger partial charge is 0.274 e. The van der Waals surface area contributed by atoms with E-state index >= 15 is 0 Å². The van der Waals surface area contributed by atoms with E-state index in [4.69, 9.17) is 16.7 Å².